The molecule has 0 amide bonds. The van der Waals surface area contributed by atoms with Crippen LogP contribution in [0.15, 0.2) is 57.7 Å². The summed E-state index contributed by atoms with van der Waals surface area (Å²) in [4.78, 5) is 36.4. The zero-order chi connectivity index (χ0) is 18.7. The van der Waals surface area contributed by atoms with Crippen molar-refractivity contribution in [2.75, 3.05) is 13.7 Å². The zero-order valence-electron chi connectivity index (χ0n) is 13.7. The minimum absolute atomic E-state index is 0.199. The molecule has 0 fully saturated rings. The molecule has 0 aliphatic rings. The number of ether oxygens (including phenoxy) is 2. The summed E-state index contributed by atoms with van der Waals surface area (Å²) in [7, 11) is 1.44. The quantitative estimate of drug-likeness (QED) is 0.503. The summed E-state index contributed by atoms with van der Waals surface area (Å²) >= 11 is 5.84. The Bertz CT molecular complexity index is 1050. The van der Waals surface area contributed by atoms with Gasteiger partial charge in [-0.2, -0.15) is 0 Å². The van der Waals surface area contributed by atoms with Crippen molar-refractivity contribution in [2.45, 2.75) is 0 Å². The Morgan fingerprint density at radius 1 is 1.12 bits per heavy atom. The molecule has 3 aromatic rings. The second-order valence-electron chi connectivity index (χ2n) is 5.31. The van der Waals surface area contributed by atoms with Crippen LogP contribution in [0.3, 0.4) is 0 Å². The molecule has 0 radical (unpaired) electrons. The van der Waals surface area contributed by atoms with Crippen LogP contribution in [-0.4, -0.2) is 25.5 Å². The van der Waals surface area contributed by atoms with Crippen LogP contribution in [0.25, 0.3) is 11.0 Å². The molecule has 7 heteroatoms. The van der Waals surface area contributed by atoms with Gasteiger partial charge in [-0.1, -0.05) is 23.7 Å². The zero-order valence-corrected chi connectivity index (χ0v) is 14.4. The van der Waals surface area contributed by atoms with Crippen molar-refractivity contribution in [1.29, 1.82) is 0 Å². The second kappa shape index (κ2) is 7.41. The molecule has 0 bridgehead atoms. The summed E-state index contributed by atoms with van der Waals surface area (Å²) in [6.45, 7) is -0.512. The first-order valence-electron chi connectivity index (χ1n) is 7.56. The van der Waals surface area contributed by atoms with E-state index < -0.39 is 23.8 Å². The minimum atomic E-state index is -0.915. The number of Topliss-reactive ketones (excluding diaryl/α,β-unsaturated/α-hetero) is 1. The molecule has 6 nitrogen and oxygen atoms in total. The van der Waals surface area contributed by atoms with Crippen LogP contribution < -0.4 is 10.2 Å². The predicted molar refractivity (Wildman–Crippen MR) is 95.1 cm³/mol. The predicted octanol–water partition coefficient (Wildman–Crippen LogP) is 3.49. The fourth-order valence-electron chi connectivity index (χ4n) is 2.38. The van der Waals surface area contributed by atoms with E-state index in [1.165, 1.54) is 25.3 Å². The summed E-state index contributed by atoms with van der Waals surface area (Å²) in [5.41, 5.74) is 0.0547. The van der Waals surface area contributed by atoms with Crippen LogP contribution in [0.1, 0.15) is 20.9 Å². The topological polar surface area (TPSA) is 82.8 Å². The molecule has 0 atom stereocenters. The number of benzene rings is 2. The average Bonchev–Trinajstić information content (AvgIpc) is 2.66. The van der Waals surface area contributed by atoms with Crippen LogP contribution in [0.2, 0.25) is 5.02 Å². The Kier molecular flexibility index (Phi) is 5.04. The highest BCUT2D eigenvalue weighted by atomic mass is 35.5. The van der Waals surface area contributed by atoms with Gasteiger partial charge >= 0.3 is 5.97 Å². The van der Waals surface area contributed by atoms with Crippen molar-refractivity contribution in [3.8, 4) is 5.75 Å². The molecule has 1 aromatic heterocycles. The first-order chi connectivity index (χ1) is 12.5. The Hall–Kier alpha value is -3.12. The normalized spacial score (nSPS) is 10.5. The van der Waals surface area contributed by atoms with E-state index in [0.29, 0.717) is 10.8 Å². The molecule has 132 valence electrons. The molecule has 0 aliphatic carbocycles. The number of esters is 1. The number of para-hydroxylation sites is 1. The first kappa shape index (κ1) is 17.7. The highest BCUT2D eigenvalue weighted by Gasteiger charge is 2.18. The lowest BCUT2D eigenvalue weighted by Gasteiger charge is -2.08. The smallest absolute Gasteiger partial charge is 0.374 e. The lowest BCUT2D eigenvalue weighted by Crippen LogP contribution is -2.16. The Balaban J connectivity index is 1.78. The number of hydrogen-bond donors (Lipinski definition) is 0. The number of carbonyl (C=O) groups excluding carboxylic acids is 2. The van der Waals surface area contributed by atoms with E-state index in [1.807, 2.05) is 0 Å². The van der Waals surface area contributed by atoms with E-state index in [4.69, 9.17) is 25.5 Å². The van der Waals surface area contributed by atoms with E-state index in [-0.39, 0.29) is 22.3 Å². The Morgan fingerprint density at radius 3 is 2.65 bits per heavy atom. The summed E-state index contributed by atoms with van der Waals surface area (Å²) in [6, 6.07) is 12.1. The van der Waals surface area contributed by atoms with Crippen LogP contribution in [-0.2, 0) is 4.74 Å². The minimum Gasteiger partial charge on any atom is -0.496 e. The molecule has 2 aromatic carbocycles. The van der Waals surface area contributed by atoms with E-state index in [0.717, 1.165) is 6.07 Å². The molecule has 1 heterocycles. The third-order valence-electron chi connectivity index (χ3n) is 3.63. The van der Waals surface area contributed by atoms with Crippen LogP contribution >= 0.6 is 11.6 Å². The molecule has 0 unspecified atom stereocenters. The molecule has 0 aliphatic heterocycles. The van der Waals surface area contributed by atoms with Gasteiger partial charge in [-0.05, 0) is 30.3 Å². The number of rotatable bonds is 5. The number of ketones is 1. The van der Waals surface area contributed by atoms with Gasteiger partial charge in [-0.25, -0.2) is 4.79 Å². The van der Waals surface area contributed by atoms with Gasteiger partial charge in [-0.3, -0.25) is 9.59 Å². The van der Waals surface area contributed by atoms with Gasteiger partial charge < -0.3 is 13.9 Å². The van der Waals surface area contributed by atoms with Gasteiger partial charge in [0, 0.05) is 11.1 Å². The van der Waals surface area contributed by atoms with E-state index in [9.17, 15) is 14.4 Å². The highest BCUT2D eigenvalue weighted by molar-refractivity contribution is 6.31. The molecule has 0 saturated heterocycles. The SMILES string of the molecule is COc1ccccc1C(=O)COC(=O)c1cc(=O)c2cc(Cl)ccc2o1. The summed E-state index contributed by atoms with van der Waals surface area (Å²) in [5.74, 6) is -1.27. The standard InChI is InChI=1S/C19H13ClO6/c1-24-16-5-3-2-4-12(16)15(22)10-25-19(23)18-9-14(21)13-8-11(20)6-7-17(13)26-18/h2-9H,10H2,1H3. The monoisotopic (exact) mass is 372 g/mol. The lowest BCUT2D eigenvalue weighted by molar-refractivity contribution is 0.0443. The van der Waals surface area contributed by atoms with Gasteiger partial charge in [0.15, 0.2) is 12.0 Å². The van der Waals surface area contributed by atoms with Crippen LogP contribution in [0.4, 0.5) is 0 Å². The van der Waals surface area contributed by atoms with Crippen molar-refractivity contribution < 1.29 is 23.5 Å². The number of halogens is 1. The van der Waals surface area contributed by atoms with Gasteiger partial charge in [-0.15, -0.1) is 0 Å². The van der Waals surface area contributed by atoms with Gasteiger partial charge in [0.2, 0.25) is 11.5 Å². The fraction of sp³-hybridized carbons (Fsp3) is 0.105. The van der Waals surface area contributed by atoms with Crippen molar-refractivity contribution in [3.05, 3.63) is 75.1 Å². The molecule has 0 N–H and O–H groups in total. The Labute approximate surface area is 152 Å². The van der Waals surface area contributed by atoms with E-state index in [2.05, 4.69) is 0 Å². The fourth-order valence-corrected chi connectivity index (χ4v) is 2.56. The molecule has 0 saturated carbocycles. The van der Waals surface area contributed by atoms with Crippen LogP contribution in [0.5, 0.6) is 5.75 Å². The maximum atomic E-state index is 12.2. The maximum absolute atomic E-state index is 12.2. The summed E-state index contributed by atoms with van der Waals surface area (Å²) in [6.07, 6.45) is 0. The number of methoxy groups -OCH3 is 1. The van der Waals surface area contributed by atoms with Crippen molar-refractivity contribution >= 4 is 34.3 Å². The molecular formula is C19H13ClO6. The highest BCUT2D eigenvalue weighted by Crippen LogP contribution is 2.19. The summed E-state index contributed by atoms with van der Waals surface area (Å²) < 4.78 is 15.4. The first-order valence-corrected chi connectivity index (χ1v) is 7.94. The number of hydrogen-bond acceptors (Lipinski definition) is 6. The molecule has 0 spiro atoms. The van der Waals surface area contributed by atoms with Gasteiger partial charge in [0.25, 0.3) is 0 Å². The molecular weight excluding hydrogens is 360 g/mol. The average molecular weight is 373 g/mol. The summed E-state index contributed by atoms with van der Waals surface area (Å²) in [5, 5.41) is 0.627. The van der Waals surface area contributed by atoms with Crippen molar-refractivity contribution in [3.63, 3.8) is 0 Å². The lowest BCUT2D eigenvalue weighted by atomic mass is 10.1. The maximum Gasteiger partial charge on any atom is 0.374 e. The van der Waals surface area contributed by atoms with Crippen LogP contribution in [0, 0.1) is 0 Å². The third kappa shape index (κ3) is 3.60. The second-order valence-corrected chi connectivity index (χ2v) is 5.75. The third-order valence-corrected chi connectivity index (χ3v) is 3.87. The Morgan fingerprint density at radius 2 is 1.88 bits per heavy atom. The van der Waals surface area contributed by atoms with E-state index in [1.54, 1.807) is 24.3 Å². The molecule has 3 rings (SSSR count). The van der Waals surface area contributed by atoms with Gasteiger partial charge in [0.05, 0.1) is 18.1 Å². The number of carbonyl (C=O) groups is 2. The number of fused-ring (bicyclic) bond motifs is 1. The molecule has 26 heavy (non-hydrogen) atoms. The van der Waals surface area contributed by atoms with Crippen molar-refractivity contribution in [1.82, 2.24) is 0 Å². The van der Waals surface area contributed by atoms with Crippen molar-refractivity contribution in [2.24, 2.45) is 0 Å². The van der Waals surface area contributed by atoms with E-state index >= 15 is 0 Å². The van der Waals surface area contributed by atoms with Gasteiger partial charge in [0.1, 0.15) is 11.3 Å². The largest absolute Gasteiger partial charge is 0.496 e.